The molecule has 0 aromatic heterocycles. The highest BCUT2D eigenvalue weighted by Crippen LogP contribution is 2.35. The zero-order valence-corrected chi connectivity index (χ0v) is 16.4. The average molecular weight is 322 g/mol. The van der Waals surface area contributed by atoms with Crippen LogP contribution in [0.1, 0.15) is 105 Å². The molecule has 2 unspecified atom stereocenters. The molecule has 2 atom stereocenters. The van der Waals surface area contributed by atoms with Gasteiger partial charge in [-0.25, -0.2) is 0 Å². The molecular formula is C22H43N. The molecule has 0 aromatic rings. The molecule has 1 heteroatoms. The number of hydrogen-bond acceptors (Lipinski definition) is 1. The van der Waals surface area contributed by atoms with Crippen LogP contribution in [0.3, 0.4) is 0 Å². The summed E-state index contributed by atoms with van der Waals surface area (Å²) in [5.41, 5.74) is 0. The Morgan fingerprint density at radius 1 is 0.652 bits per heavy atom. The van der Waals surface area contributed by atoms with E-state index in [0.29, 0.717) is 0 Å². The highest BCUT2D eigenvalue weighted by Gasteiger charge is 2.29. The highest BCUT2D eigenvalue weighted by atomic mass is 15.0. The molecule has 0 aliphatic heterocycles. The predicted octanol–water partition coefficient (Wildman–Crippen LogP) is 6.57. The van der Waals surface area contributed by atoms with E-state index in [4.69, 9.17) is 0 Å². The first-order valence-corrected chi connectivity index (χ1v) is 10.9. The molecule has 2 rings (SSSR count). The van der Waals surface area contributed by atoms with E-state index >= 15 is 0 Å². The van der Waals surface area contributed by atoms with E-state index in [-0.39, 0.29) is 0 Å². The molecule has 0 heterocycles. The lowest BCUT2D eigenvalue weighted by molar-refractivity contribution is 0.178. The zero-order chi connectivity index (χ0) is 16.7. The van der Waals surface area contributed by atoms with Crippen molar-refractivity contribution >= 4 is 0 Å². The molecule has 136 valence electrons. The quantitative estimate of drug-likeness (QED) is 0.533. The normalized spacial score (nSPS) is 35.0. The maximum atomic E-state index is 4.04. The minimum absolute atomic E-state index is 0.828. The third-order valence-electron chi connectivity index (χ3n) is 7.11. The smallest absolute Gasteiger partial charge is 0.00698 e. The summed E-state index contributed by atoms with van der Waals surface area (Å²) in [4.78, 5) is 0. The Labute approximate surface area is 146 Å². The maximum absolute atomic E-state index is 4.04. The van der Waals surface area contributed by atoms with Gasteiger partial charge in [0.25, 0.3) is 0 Å². The van der Waals surface area contributed by atoms with Crippen LogP contribution in [0.2, 0.25) is 0 Å². The van der Waals surface area contributed by atoms with Crippen LogP contribution in [0.25, 0.3) is 0 Å². The first-order valence-electron chi connectivity index (χ1n) is 10.9. The van der Waals surface area contributed by atoms with Crippen molar-refractivity contribution in [3.8, 4) is 0 Å². The minimum Gasteiger partial charge on any atom is -0.311 e. The van der Waals surface area contributed by atoms with Gasteiger partial charge in [0.2, 0.25) is 0 Å². The largest absolute Gasteiger partial charge is 0.311 e. The van der Waals surface area contributed by atoms with Gasteiger partial charge in [-0.2, -0.15) is 0 Å². The second-order valence-corrected chi connectivity index (χ2v) is 8.92. The van der Waals surface area contributed by atoms with Gasteiger partial charge in [-0.05, 0) is 75.0 Å². The lowest BCUT2D eigenvalue weighted by atomic mass is 9.75. The molecule has 0 spiro atoms. The van der Waals surface area contributed by atoms with Crippen molar-refractivity contribution < 1.29 is 0 Å². The van der Waals surface area contributed by atoms with Crippen molar-refractivity contribution in [1.82, 2.24) is 5.32 Å². The topological polar surface area (TPSA) is 12.0 Å². The Hall–Kier alpha value is -0.0400. The molecule has 0 amide bonds. The zero-order valence-electron chi connectivity index (χ0n) is 16.4. The lowest BCUT2D eigenvalue weighted by Gasteiger charge is -2.38. The van der Waals surface area contributed by atoms with Crippen LogP contribution in [-0.2, 0) is 0 Å². The molecule has 2 aliphatic rings. The molecule has 0 saturated heterocycles. The summed E-state index contributed by atoms with van der Waals surface area (Å²) >= 11 is 0. The van der Waals surface area contributed by atoms with Crippen LogP contribution in [0.15, 0.2) is 0 Å². The molecule has 0 aromatic carbocycles. The van der Waals surface area contributed by atoms with E-state index < -0.39 is 0 Å². The van der Waals surface area contributed by atoms with Crippen molar-refractivity contribution in [1.29, 1.82) is 0 Å². The Balaban J connectivity index is 1.64. The molecule has 1 N–H and O–H groups in total. The fraction of sp³-hybridized carbons (Fsp3) is 1.00. The van der Waals surface area contributed by atoms with E-state index in [2.05, 4.69) is 33.0 Å². The molecule has 2 saturated carbocycles. The van der Waals surface area contributed by atoms with Crippen molar-refractivity contribution in [2.75, 3.05) is 0 Å². The van der Waals surface area contributed by atoms with Gasteiger partial charge in [0.1, 0.15) is 0 Å². The summed E-state index contributed by atoms with van der Waals surface area (Å²) in [6, 6.07) is 1.66. The SMILES string of the molecule is CCCC(C)C1CCC(NC2CCC(C(C)CCC)CC2)CC1. The van der Waals surface area contributed by atoms with E-state index in [1.165, 1.54) is 77.0 Å². The van der Waals surface area contributed by atoms with Gasteiger partial charge >= 0.3 is 0 Å². The predicted molar refractivity (Wildman–Crippen MR) is 103 cm³/mol. The van der Waals surface area contributed by atoms with E-state index in [9.17, 15) is 0 Å². The standard InChI is InChI=1S/C22H43N/c1-5-7-17(3)19-9-13-21(14-10-19)23-22-15-11-20(12-16-22)18(4)8-6-2/h17-23H,5-16H2,1-4H3. The Kier molecular flexibility index (Phi) is 8.44. The minimum atomic E-state index is 0.828. The van der Waals surface area contributed by atoms with Gasteiger partial charge in [0.05, 0.1) is 0 Å². The van der Waals surface area contributed by atoms with Crippen molar-refractivity contribution in [3.05, 3.63) is 0 Å². The molecule has 2 fully saturated rings. The summed E-state index contributed by atoms with van der Waals surface area (Å²) < 4.78 is 0. The Bertz CT molecular complexity index is 267. The van der Waals surface area contributed by atoms with Crippen LogP contribution in [0, 0.1) is 23.7 Å². The first-order chi connectivity index (χ1) is 11.1. The van der Waals surface area contributed by atoms with Crippen molar-refractivity contribution in [3.63, 3.8) is 0 Å². The van der Waals surface area contributed by atoms with E-state index in [0.717, 1.165) is 35.8 Å². The van der Waals surface area contributed by atoms with Crippen LogP contribution >= 0.6 is 0 Å². The second kappa shape index (κ2) is 10.1. The van der Waals surface area contributed by atoms with Crippen LogP contribution in [-0.4, -0.2) is 12.1 Å². The Morgan fingerprint density at radius 3 is 1.30 bits per heavy atom. The lowest BCUT2D eigenvalue weighted by Crippen LogP contribution is -2.43. The fourth-order valence-electron chi connectivity index (χ4n) is 5.43. The van der Waals surface area contributed by atoms with Gasteiger partial charge < -0.3 is 5.32 Å². The molecule has 2 aliphatic carbocycles. The molecule has 1 nitrogen and oxygen atoms in total. The molecule has 0 bridgehead atoms. The monoisotopic (exact) mass is 321 g/mol. The summed E-state index contributed by atoms with van der Waals surface area (Å²) in [7, 11) is 0. The van der Waals surface area contributed by atoms with Crippen LogP contribution < -0.4 is 5.32 Å². The first kappa shape index (κ1) is 19.3. The molecular weight excluding hydrogens is 278 g/mol. The third kappa shape index (κ3) is 6.07. The number of rotatable bonds is 8. The highest BCUT2D eigenvalue weighted by molar-refractivity contribution is 4.85. The van der Waals surface area contributed by atoms with Gasteiger partial charge in [-0.1, -0.05) is 53.4 Å². The fourth-order valence-corrected chi connectivity index (χ4v) is 5.43. The molecule has 0 radical (unpaired) electrons. The number of nitrogens with one attached hydrogen (secondary N) is 1. The average Bonchev–Trinajstić information content (AvgIpc) is 2.56. The Morgan fingerprint density at radius 2 is 1.00 bits per heavy atom. The maximum Gasteiger partial charge on any atom is 0.00698 e. The summed E-state index contributed by atoms with van der Waals surface area (Å²) in [5, 5.41) is 4.04. The van der Waals surface area contributed by atoms with Crippen molar-refractivity contribution in [2.24, 2.45) is 23.7 Å². The summed E-state index contributed by atoms with van der Waals surface area (Å²) in [6.45, 7) is 9.64. The summed E-state index contributed by atoms with van der Waals surface area (Å²) in [5.74, 6) is 3.94. The van der Waals surface area contributed by atoms with Crippen LogP contribution in [0.4, 0.5) is 0 Å². The van der Waals surface area contributed by atoms with Crippen LogP contribution in [0.5, 0.6) is 0 Å². The van der Waals surface area contributed by atoms with E-state index in [1.54, 1.807) is 0 Å². The third-order valence-corrected chi connectivity index (χ3v) is 7.11. The van der Waals surface area contributed by atoms with E-state index in [1.807, 2.05) is 0 Å². The summed E-state index contributed by atoms with van der Waals surface area (Å²) in [6.07, 6.45) is 17.2. The van der Waals surface area contributed by atoms with Gasteiger partial charge in [0.15, 0.2) is 0 Å². The van der Waals surface area contributed by atoms with Gasteiger partial charge in [0, 0.05) is 12.1 Å². The number of hydrogen-bond donors (Lipinski definition) is 1. The second-order valence-electron chi connectivity index (χ2n) is 8.92. The van der Waals surface area contributed by atoms with Gasteiger partial charge in [-0.15, -0.1) is 0 Å². The molecule has 23 heavy (non-hydrogen) atoms. The van der Waals surface area contributed by atoms with Crippen molar-refractivity contribution in [2.45, 2.75) is 117 Å². The van der Waals surface area contributed by atoms with Gasteiger partial charge in [-0.3, -0.25) is 0 Å².